The highest BCUT2D eigenvalue weighted by Gasteiger charge is 2.28. The molecule has 0 spiro atoms. The molecular weight excluding hydrogens is 436 g/mol. The molecule has 8 nitrogen and oxygen atoms in total. The van der Waals surface area contributed by atoms with Gasteiger partial charge in [-0.15, -0.1) is 0 Å². The highest BCUT2D eigenvalue weighted by atomic mass is 32.2. The van der Waals surface area contributed by atoms with Crippen molar-refractivity contribution in [3.8, 4) is 0 Å². The van der Waals surface area contributed by atoms with Crippen LogP contribution < -0.4 is 0 Å². The molecule has 4 aromatic rings. The van der Waals surface area contributed by atoms with Gasteiger partial charge in [0.05, 0.1) is 18.0 Å². The third kappa shape index (κ3) is 4.90. The van der Waals surface area contributed by atoms with Gasteiger partial charge in [-0.05, 0) is 35.2 Å². The molecule has 0 aliphatic carbocycles. The number of nitrogens with one attached hydrogen (secondary N) is 2. The van der Waals surface area contributed by atoms with Crippen LogP contribution in [0.1, 0.15) is 28.3 Å². The van der Waals surface area contributed by atoms with E-state index in [0.29, 0.717) is 37.6 Å². The van der Waals surface area contributed by atoms with Crippen molar-refractivity contribution >= 4 is 10.0 Å². The highest BCUT2D eigenvalue weighted by Crippen LogP contribution is 2.25. The molecule has 170 valence electrons. The maximum absolute atomic E-state index is 13.2. The molecule has 2 N–H and O–H groups in total. The van der Waals surface area contributed by atoms with Crippen LogP contribution in [0.5, 0.6) is 0 Å². The number of aromatic nitrogens is 4. The van der Waals surface area contributed by atoms with Gasteiger partial charge in [-0.2, -0.15) is 4.31 Å². The highest BCUT2D eigenvalue weighted by molar-refractivity contribution is 7.89. The second-order valence-corrected chi connectivity index (χ2v) is 10.2. The standard InChI is InChI=1S/C24H26N6O2S/c31-33(32,30-14-9-20-3-1-2-4-21(20)16-30)22-7-5-19(6-8-22)15-29(17-23-25-10-11-26-23)18-24-27-12-13-28-24/h1-8,10-13H,9,14-18H2,(H,25,26)(H,27,28). The largest absolute Gasteiger partial charge is 0.348 e. The molecule has 3 heterocycles. The normalized spacial score (nSPS) is 14.5. The first-order valence-corrected chi connectivity index (χ1v) is 12.4. The van der Waals surface area contributed by atoms with Crippen LogP contribution in [0.15, 0.2) is 78.2 Å². The molecule has 33 heavy (non-hydrogen) atoms. The fraction of sp³-hybridized carbons (Fsp3) is 0.250. The topological polar surface area (TPSA) is 98.0 Å². The molecule has 1 aliphatic rings. The van der Waals surface area contributed by atoms with Crippen LogP contribution >= 0.6 is 0 Å². The molecule has 0 bridgehead atoms. The van der Waals surface area contributed by atoms with Gasteiger partial charge in [0.15, 0.2) is 0 Å². The van der Waals surface area contributed by atoms with Gasteiger partial charge in [-0.3, -0.25) is 4.90 Å². The Kier molecular flexibility index (Phi) is 6.08. The Hall–Kier alpha value is -3.27. The van der Waals surface area contributed by atoms with Crippen LogP contribution in [-0.2, 0) is 42.6 Å². The van der Waals surface area contributed by atoms with E-state index in [-0.39, 0.29) is 0 Å². The van der Waals surface area contributed by atoms with Crippen molar-refractivity contribution in [2.75, 3.05) is 6.54 Å². The summed E-state index contributed by atoms with van der Waals surface area (Å²) in [6.45, 7) is 2.81. The van der Waals surface area contributed by atoms with E-state index in [9.17, 15) is 8.42 Å². The van der Waals surface area contributed by atoms with Gasteiger partial charge in [-0.1, -0.05) is 36.4 Å². The van der Waals surface area contributed by atoms with E-state index < -0.39 is 10.0 Å². The predicted molar refractivity (Wildman–Crippen MR) is 124 cm³/mol. The van der Waals surface area contributed by atoms with E-state index >= 15 is 0 Å². The minimum atomic E-state index is -3.54. The molecule has 0 atom stereocenters. The van der Waals surface area contributed by atoms with Gasteiger partial charge >= 0.3 is 0 Å². The number of rotatable bonds is 8. The van der Waals surface area contributed by atoms with Crippen LogP contribution in [0.25, 0.3) is 0 Å². The van der Waals surface area contributed by atoms with Crippen LogP contribution in [0.2, 0.25) is 0 Å². The number of benzene rings is 2. The summed E-state index contributed by atoms with van der Waals surface area (Å²) in [5.74, 6) is 1.73. The maximum Gasteiger partial charge on any atom is 0.243 e. The zero-order valence-corrected chi connectivity index (χ0v) is 19.0. The summed E-state index contributed by atoms with van der Waals surface area (Å²) in [5, 5.41) is 0. The summed E-state index contributed by atoms with van der Waals surface area (Å²) >= 11 is 0. The zero-order chi connectivity index (χ0) is 22.7. The molecule has 0 unspecified atom stereocenters. The van der Waals surface area contributed by atoms with Crippen LogP contribution in [0.3, 0.4) is 0 Å². The number of H-pyrrole nitrogens is 2. The Labute approximate surface area is 193 Å². The van der Waals surface area contributed by atoms with Crippen molar-refractivity contribution in [1.82, 2.24) is 29.1 Å². The molecular formula is C24H26N6O2S. The average Bonchev–Trinajstić information content (AvgIpc) is 3.54. The van der Waals surface area contributed by atoms with E-state index in [0.717, 1.165) is 29.2 Å². The minimum absolute atomic E-state index is 0.328. The van der Waals surface area contributed by atoms with Crippen molar-refractivity contribution in [2.24, 2.45) is 0 Å². The Morgan fingerprint density at radius 1 is 0.848 bits per heavy atom. The van der Waals surface area contributed by atoms with E-state index in [2.05, 4.69) is 30.9 Å². The SMILES string of the molecule is O=S(=O)(c1ccc(CN(Cc2ncc[nH]2)Cc2ncc[nH]2)cc1)N1CCc2ccccc2C1. The third-order valence-electron chi connectivity index (χ3n) is 5.92. The number of sulfonamides is 1. The lowest BCUT2D eigenvalue weighted by atomic mass is 10.0. The quantitative estimate of drug-likeness (QED) is 0.419. The monoisotopic (exact) mass is 462 g/mol. The summed E-state index contributed by atoms with van der Waals surface area (Å²) in [7, 11) is -3.54. The van der Waals surface area contributed by atoms with Crippen LogP contribution in [-0.4, -0.2) is 44.1 Å². The lowest BCUT2D eigenvalue weighted by molar-refractivity contribution is 0.236. The van der Waals surface area contributed by atoms with Gasteiger partial charge < -0.3 is 9.97 Å². The summed E-state index contributed by atoms with van der Waals surface area (Å²) in [6.07, 6.45) is 7.82. The molecule has 0 radical (unpaired) electrons. The van der Waals surface area contributed by atoms with Crippen LogP contribution in [0.4, 0.5) is 0 Å². The van der Waals surface area contributed by atoms with Crippen molar-refractivity contribution < 1.29 is 8.42 Å². The lowest BCUT2D eigenvalue weighted by Gasteiger charge is -2.28. The first-order chi connectivity index (χ1) is 16.1. The number of fused-ring (bicyclic) bond motifs is 1. The number of aromatic amines is 2. The Bertz CT molecular complexity index is 1250. The smallest absolute Gasteiger partial charge is 0.243 e. The number of nitrogens with zero attached hydrogens (tertiary/aromatic N) is 4. The van der Waals surface area contributed by atoms with Gasteiger partial charge in [0, 0.05) is 44.4 Å². The van der Waals surface area contributed by atoms with E-state index in [1.807, 2.05) is 30.3 Å². The summed E-state index contributed by atoms with van der Waals surface area (Å²) in [4.78, 5) is 17.5. The van der Waals surface area contributed by atoms with Gasteiger partial charge in [0.1, 0.15) is 11.6 Å². The molecule has 9 heteroatoms. The van der Waals surface area contributed by atoms with Crippen molar-refractivity contribution in [3.63, 3.8) is 0 Å². The summed E-state index contributed by atoms with van der Waals surface area (Å²) in [5.41, 5.74) is 3.33. The van der Waals surface area contributed by atoms with E-state index in [4.69, 9.17) is 0 Å². The molecule has 1 aliphatic heterocycles. The maximum atomic E-state index is 13.2. The first kappa shape index (κ1) is 21.6. The molecule has 0 saturated heterocycles. The number of hydrogen-bond acceptors (Lipinski definition) is 5. The van der Waals surface area contributed by atoms with Gasteiger partial charge in [0.2, 0.25) is 10.0 Å². The Morgan fingerprint density at radius 2 is 1.48 bits per heavy atom. The third-order valence-corrected chi connectivity index (χ3v) is 7.78. The molecule has 0 saturated carbocycles. The number of imidazole rings is 2. The second kappa shape index (κ2) is 9.30. The Balaban J connectivity index is 1.30. The molecule has 5 rings (SSSR count). The van der Waals surface area contributed by atoms with Crippen molar-refractivity contribution in [1.29, 1.82) is 0 Å². The van der Waals surface area contributed by atoms with E-state index in [1.165, 1.54) is 5.56 Å². The fourth-order valence-electron chi connectivity index (χ4n) is 4.21. The first-order valence-electron chi connectivity index (χ1n) is 10.9. The summed E-state index contributed by atoms with van der Waals surface area (Å²) < 4.78 is 28.1. The molecule has 2 aromatic carbocycles. The lowest BCUT2D eigenvalue weighted by Crippen LogP contribution is -2.35. The molecule has 0 fully saturated rings. The van der Waals surface area contributed by atoms with Crippen LogP contribution in [0, 0.1) is 0 Å². The van der Waals surface area contributed by atoms with Gasteiger partial charge in [-0.25, -0.2) is 18.4 Å². The molecule has 0 amide bonds. The van der Waals surface area contributed by atoms with Crippen molar-refractivity contribution in [3.05, 3.63) is 102 Å². The Morgan fingerprint density at radius 3 is 2.09 bits per heavy atom. The zero-order valence-electron chi connectivity index (χ0n) is 18.2. The predicted octanol–water partition coefficient (Wildman–Crippen LogP) is 3.08. The number of hydrogen-bond donors (Lipinski definition) is 2. The van der Waals surface area contributed by atoms with E-state index in [1.54, 1.807) is 41.2 Å². The van der Waals surface area contributed by atoms with Gasteiger partial charge in [0.25, 0.3) is 0 Å². The fourth-order valence-corrected chi connectivity index (χ4v) is 5.63. The second-order valence-electron chi connectivity index (χ2n) is 8.22. The minimum Gasteiger partial charge on any atom is -0.348 e. The van der Waals surface area contributed by atoms with Crippen molar-refractivity contribution in [2.45, 2.75) is 37.5 Å². The summed E-state index contributed by atoms with van der Waals surface area (Å²) in [6, 6.07) is 15.2. The average molecular weight is 463 g/mol. The molecule has 2 aromatic heterocycles.